The lowest BCUT2D eigenvalue weighted by atomic mass is 10.3. The average molecular weight is 278 g/mol. The van der Waals surface area contributed by atoms with Crippen molar-refractivity contribution < 1.29 is 0 Å². The fourth-order valence-corrected chi connectivity index (χ4v) is 1.96. The molecule has 0 radical (unpaired) electrons. The second kappa shape index (κ2) is 5.64. The first-order valence-corrected chi connectivity index (χ1v) is 6.37. The Kier molecular flexibility index (Phi) is 3.92. The summed E-state index contributed by atoms with van der Waals surface area (Å²) in [5.41, 5.74) is 6.03. The van der Waals surface area contributed by atoms with Gasteiger partial charge in [0.25, 0.3) is 5.56 Å². The summed E-state index contributed by atoms with van der Waals surface area (Å²) in [7, 11) is 1.81. The molecule has 20 heavy (non-hydrogen) atoms. The van der Waals surface area contributed by atoms with Gasteiger partial charge in [0.2, 0.25) is 0 Å². The maximum Gasteiger partial charge on any atom is 0.330 e. The summed E-state index contributed by atoms with van der Waals surface area (Å²) < 4.78 is 3.02. The molecule has 8 heteroatoms. The van der Waals surface area contributed by atoms with E-state index in [4.69, 9.17) is 5.73 Å². The lowest BCUT2D eigenvalue weighted by Crippen LogP contribution is -2.34. The number of aryl methyl sites for hydroxylation is 1. The predicted octanol–water partition coefficient (Wildman–Crippen LogP) is -0.126. The first kappa shape index (κ1) is 13.9. The highest BCUT2D eigenvalue weighted by atomic mass is 16.2. The van der Waals surface area contributed by atoms with Gasteiger partial charge in [0, 0.05) is 31.9 Å². The molecule has 108 valence electrons. The van der Waals surface area contributed by atoms with Crippen LogP contribution < -0.4 is 22.3 Å². The number of H-pyrrole nitrogens is 1. The van der Waals surface area contributed by atoms with Crippen LogP contribution in [0.2, 0.25) is 0 Å². The van der Waals surface area contributed by atoms with Crippen LogP contribution >= 0.6 is 0 Å². The van der Waals surface area contributed by atoms with Crippen LogP contribution in [0.5, 0.6) is 0 Å². The minimum absolute atomic E-state index is 0.157. The topological polar surface area (TPSA) is 111 Å². The normalized spacial score (nSPS) is 10.7. The van der Waals surface area contributed by atoms with Crippen molar-refractivity contribution in [2.24, 2.45) is 7.05 Å². The van der Waals surface area contributed by atoms with Crippen molar-refractivity contribution in [2.75, 3.05) is 11.1 Å². The maximum absolute atomic E-state index is 11.8. The molecule has 0 spiro atoms. The van der Waals surface area contributed by atoms with Crippen molar-refractivity contribution in [3.05, 3.63) is 38.8 Å². The number of nitrogen functional groups attached to an aromatic ring is 1. The number of hydrogen-bond donors (Lipinski definition) is 3. The van der Waals surface area contributed by atoms with Crippen molar-refractivity contribution in [3.8, 4) is 0 Å². The van der Waals surface area contributed by atoms with Gasteiger partial charge < -0.3 is 11.1 Å². The van der Waals surface area contributed by atoms with Gasteiger partial charge in [-0.2, -0.15) is 5.10 Å². The standard InChI is InChI=1S/C12H18N6O2/c1-3-4-18-10(13)9(11(19)16-12(18)20)14-5-8-6-15-17(2)7-8/h6-7,14H,3-5,13H2,1-2H3,(H,16,19,20). The molecule has 2 aromatic rings. The zero-order chi connectivity index (χ0) is 14.7. The molecule has 0 amide bonds. The lowest BCUT2D eigenvalue weighted by Gasteiger charge is -2.12. The maximum atomic E-state index is 11.8. The minimum atomic E-state index is -0.510. The van der Waals surface area contributed by atoms with E-state index < -0.39 is 11.2 Å². The fraction of sp³-hybridized carbons (Fsp3) is 0.417. The van der Waals surface area contributed by atoms with E-state index in [1.165, 1.54) is 4.57 Å². The Balaban J connectivity index is 2.29. The van der Waals surface area contributed by atoms with Gasteiger partial charge in [0.1, 0.15) is 11.5 Å². The van der Waals surface area contributed by atoms with Gasteiger partial charge in [-0.25, -0.2) is 4.79 Å². The highest BCUT2D eigenvalue weighted by Gasteiger charge is 2.11. The van der Waals surface area contributed by atoms with Crippen molar-refractivity contribution in [1.29, 1.82) is 0 Å². The molecule has 2 aromatic heterocycles. The Morgan fingerprint density at radius 3 is 2.80 bits per heavy atom. The molecule has 0 saturated carbocycles. The molecule has 2 rings (SSSR count). The van der Waals surface area contributed by atoms with Crippen LogP contribution in [0.3, 0.4) is 0 Å². The molecule has 4 N–H and O–H groups in total. The zero-order valence-corrected chi connectivity index (χ0v) is 11.5. The monoisotopic (exact) mass is 278 g/mol. The molecule has 0 aliphatic rings. The first-order chi connectivity index (χ1) is 9.52. The molecular weight excluding hydrogens is 260 g/mol. The van der Waals surface area contributed by atoms with Crippen LogP contribution in [-0.2, 0) is 20.1 Å². The molecule has 0 bridgehead atoms. The number of aromatic amines is 1. The van der Waals surface area contributed by atoms with Gasteiger partial charge in [-0.3, -0.25) is 19.0 Å². The summed E-state index contributed by atoms with van der Waals surface area (Å²) in [6.07, 6.45) is 4.27. The van der Waals surface area contributed by atoms with Crippen LogP contribution in [0.25, 0.3) is 0 Å². The van der Waals surface area contributed by atoms with E-state index in [0.717, 1.165) is 12.0 Å². The van der Waals surface area contributed by atoms with Crippen LogP contribution in [0.15, 0.2) is 22.0 Å². The first-order valence-electron chi connectivity index (χ1n) is 6.37. The van der Waals surface area contributed by atoms with E-state index >= 15 is 0 Å². The van der Waals surface area contributed by atoms with E-state index in [2.05, 4.69) is 15.4 Å². The van der Waals surface area contributed by atoms with E-state index in [-0.39, 0.29) is 11.5 Å². The van der Waals surface area contributed by atoms with Crippen LogP contribution in [0.4, 0.5) is 11.5 Å². The zero-order valence-electron chi connectivity index (χ0n) is 11.5. The third kappa shape index (κ3) is 2.73. The molecule has 0 aromatic carbocycles. The summed E-state index contributed by atoms with van der Waals surface area (Å²) >= 11 is 0. The van der Waals surface area contributed by atoms with Gasteiger partial charge in [-0.1, -0.05) is 6.92 Å². The average Bonchev–Trinajstić information content (AvgIpc) is 2.80. The van der Waals surface area contributed by atoms with E-state index in [9.17, 15) is 9.59 Å². The Morgan fingerprint density at radius 1 is 1.45 bits per heavy atom. The third-order valence-electron chi connectivity index (χ3n) is 2.91. The summed E-state index contributed by atoms with van der Waals surface area (Å²) in [5, 5.41) is 6.99. The van der Waals surface area contributed by atoms with E-state index in [1.807, 2.05) is 20.2 Å². The predicted molar refractivity (Wildman–Crippen MR) is 76.6 cm³/mol. The minimum Gasteiger partial charge on any atom is -0.383 e. The van der Waals surface area contributed by atoms with Crippen molar-refractivity contribution in [2.45, 2.75) is 26.4 Å². The van der Waals surface area contributed by atoms with Crippen LogP contribution in [0.1, 0.15) is 18.9 Å². The largest absolute Gasteiger partial charge is 0.383 e. The highest BCUT2D eigenvalue weighted by Crippen LogP contribution is 2.11. The van der Waals surface area contributed by atoms with Crippen molar-refractivity contribution >= 4 is 11.5 Å². The summed E-state index contributed by atoms with van der Waals surface area (Å²) in [4.78, 5) is 25.7. The SMILES string of the molecule is CCCn1c(N)c(NCc2cnn(C)c2)c(=O)[nH]c1=O. The summed E-state index contributed by atoms with van der Waals surface area (Å²) in [5.74, 6) is 0.157. The number of hydrogen-bond acceptors (Lipinski definition) is 5. The van der Waals surface area contributed by atoms with Gasteiger partial charge in [-0.15, -0.1) is 0 Å². The number of rotatable bonds is 5. The molecule has 0 unspecified atom stereocenters. The number of aromatic nitrogens is 4. The second-order valence-corrected chi connectivity index (χ2v) is 4.55. The van der Waals surface area contributed by atoms with Gasteiger partial charge >= 0.3 is 5.69 Å². The van der Waals surface area contributed by atoms with E-state index in [1.54, 1.807) is 10.9 Å². The van der Waals surface area contributed by atoms with Crippen molar-refractivity contribution in [1.82, 2.24) is 19.3 Å². The third-order valence-corrected chi connectivity index (χ3v) is 2.91. The summed E-state index contributed by atoms with van der Waals surface area (Å²) in [6, 6.07) is 0. The number of nitrogens with zero attached hydrogens (tertiary/aromatic N) is 3. The summed E-state index contributed by atoms with van der Waals surface area (Å²) in [6.45, 7) is 2.80. The molecular formula is C12H18N6O2. The van der Waals surface area contributed by atoms with Crippen LogP contribution in [-0.4, -0.2) is 19.3 Å². The lowest BCUT2D eigenvalue weighted by molar-refractivity contribution is 0.642. The molecule has 8 nitrogen and oxygen atoms in total. The second-order valence-electron chi connectivity index (χ2n) is 4.55. The Hall–Kier alpha value is -2.51. The molecule has 0 atom stereocenters. The highest BCUT2D eigenvalue weighted by molar-refractivity contribution is 5.60. The quantitative estimate of drug-likeness (QED) is 0.706. The van der Waals surface area contributed by atoms with Gasteiger partial charge in [0.05, 0.1) is 6.20 Å². The molecule has 0 fully saturated rings. The Labute approximate surface area is 115 Å². The van der Waals surface area contributed by atoms with E-state index in [0.29, 0.717) is 13.1 Å². The molecule has 0 saturated heterocycles. The molecule has 0 aliphatic carbocycles. The van der Waals surface area contributed by atoms with Crippen LogP contribution in [0, 0.1) is 0 Å². The number of nitrogens with one attached hydrogen (secondary N) is 2. The fourth-order valence-electron chi connectivity index (χ4n) is 1.96. The van der Waals surface area contributed by atoms with Gasteiger partial charge in [0.15, 0.2) is 0 Å². The Morgan fingerprint density at radius 2 is 2.20 bits per heavy atom. The number of anilines is 2. The molecule has 2 heterocycles. The molecule has 0 aliphatic heterocycles. The smallest absolute Gasteiger partial charge is 0.330 e. The van der Waals surface area contributed by atoms with Gasteiger partial charge in [-0.05, 0) is 6.42 Å². The number of nitrogens with two attached hydrogens (primary N) is 1. The Bertz CT molecular complexity index is 711. The van der Waals surface area contributed by atoms with Crippen molar-refractivity contribution in [3.63, 3.8) is 0 Å².